The lowest BCUT2D eigenvalue weighted by molar-refractivity contribution is -0.138. The van der Waals surface area contributed by atoms with Crippen molar-refractivity contribution in [2.24, 2.45) is 23.5 Å². The van der Waals surface area contributed by atoms with E-state index in [1.807, 2.05) is 4.90 Å². The maximum Gasteiger partial charge on any atom is 0.248 e. The van der Waals surface area contributed by atoms with Crippen LogP contribution in [0.1, 0.15) is 44.9 Å². The first-order chi connectivity index (χ1) is 9.46. The van der Waals surface area contributed by atoms with Crippen molar-refractivity contribution in [2.45, 2.75) is 56.9 Å². The molecule has 3 rings (SSSR count). The van der Waals surface area contributed by atoms with Gasteiger partial charge in [0.25, 0.3) is 0 Å². The molecule has 1 heterocycles. The van der Waals surface area contributed by atoms with Crippen molar-refractivity contribution in [3.63, 3.8) is 0 Å². The molecular formula is C15H24F2N2O. The van der Waals surface area contributed by atoms with E-state index in [0.717, 1.165) is 32.4 Å². The zero-order chi connectivity index (χ0) is 14.3. The van der Waals surface area contributed by atoms with Crippen LogP contribution in [0.2, 0.25) is 0 Å². The fraction of sp³-hybridized carbons (Fsp3) is 0.933. The van der Waals surface area contributed by atoms with Crippen LogP contribution >= 0.6 is 0 Å². The number of halogens is 2. The van der Waals surface area contributed by atoms with Crippen LogP contribution in [0.3, 0.4) is 0 Å². The van der Waals surface area contributed by atoms with Crippen molar-refractivity contribution >= 4 is 5.91 Å². The topological polar surface area (TPSA) is 46.3 Å². The summed E-state index contributed by atoms with van der Waals surface area (Å²) in [6.07, 6.45) is 3.77. The molecule has 2 N–H and O–H groups in total. The molecule has 0 aromatic heterocycles. The number of nitrogens with zero attached hydrogens (tertiary/aromatic N) is 1. The minimum atomic E-state index is -2.56. The molecule has 3 aliphatic rings. The van der Waals surface area contributed by atoms with Gasteiger partial charge in [-0.3, -0.25) is 4.79 Å². The van der Waals surface area contributed by atoms with Crippen LogP contribution in [0, 0.1) is 17.8 Å². The molecule has 3 nitrogen and oxygen atoms in total. The third-order valence-corrected chi connectivity index (χ3v) is 5.53. The Morgan fingerprint density at radius 1 is 1.10 bits per heavy atom. The minimum absolute atomic E-state index is 0.0992. The number of hydrogen-bond acceptors (Lipinski definition) is 2. The molecule has 114 valence electrons. The first-order valence-corrected chi connectivity index (χ1v) is 7.88. The Balaban J connectivity index is 1.59. The van der Waals surface area contributed by atoms with E-state index in [1.54, 1.807) is 0 Å². The predicted molar refractivity (Wildman–Crippen MR) is 72.3 cm³/mol. The van der Waals surface area contributed by atoms with Crippen molar-refractivity contribution in [3.8, 4) is 0 Å². The molecule has 0 aromatic rings. The molecule has 1 amide bonds. The van der Waals surface area contributed by atoms with Gasteiger partial charge in [0, 0.05) is 37.9 Å². The van der Waals surface area contributed by atoms with E-state index in [1.165, 1.54) is 0 Å². The average molecular weight is 286 g/mol. The molecule has 2 saturated carbocycles. The molecule has 2 aliphatic carbocycles. The van der Waals surface area contributed by atoms with E-state index in [9.17, 15) is 13.6 Å². The number of fused-ring (bicyclic) bond motifs is 1. The Labute approximate surface area is 118 Å². The highest BCUT2D eigenvalue weighted by molar-refractivity contribution is 5.79. The number of rotatable bonds is 1. The standard InChI is InChI=1S/C15H24F2N2O/c16-15(17)6-4-10(5-7-15)14(20)19-8-11-2-1-3-13(18)12(11)9-19/h10-13H,1-9,18H2. The lowest BCUT2D eigenvalue weighted by Crippen LogP contribution is -2.40. The monoisotopic (exact) mass is 286 g/mol. The number of amides is 1. The maximum absolute atomic E-state index is 13.2. The van der Waals surface area contributed by atoms with E-state index < -0.39 is 5.92 Å². The van der Waals surface area contributed by atoms with Gasteiger partial charge in [-0.1, -0.05) is 6.42 Å². The lowest BCUT2D eigenvalue weighted by Gasteiger charge is -2.30. The highest BCUT2D eigenvalue weighted by Crippen LogP contribution is 2.40. The van der Waals surface area contributed by atoms with Crippen molar-refractivity contribution in [2.75, 3.05) is 13.1 Å². The van der Waals surface area contributed by atoms with E-state index in [-0.39, 0.29) is 30.7 Å². The van der Waals surface area contributed by atoms with Crippen LogP contribution in [0.15, 0.2) is 0 Å². The van der Waals surface area contributed by atoms with Gasteiger partial charge in [-0.05, 0) is 37.5 Å². The van der Waals surface area contributed by atoms with Crippen LogP contribution in [0.5, 0.6) is 0 Å². The highest BCUT2D eigenvalue weighted by atomic mass is 19.3. The van der Waals surface area contributed by atoms with Gasteiger partial charge in [-0.2, -0.15) is 0 Å². The average Bonchev–Trinajstić information content (AvgIpc) is 2.83. The second-order valence-electron chi connectivity index (χ2n) is 6.89. The van der Waals surface area contributed by atoms with Gasteiger partial charge in [0.2, 0.25) is 11.8 Å². The number of hydrogen-bond donors (Lipinski definition) is 1. The molecule has 0 bridgehead atoms. The van der Waals surface area contributed by atoms with Crippen molar-refractivity contribution in [3.05, 3.63) is 0 Å². The summed E-state index contributed by atoms with van der Waals surface area (Å²) < 4.78 is 26.3. The summed E-state index contributed by atoms with van der Waals surface area (Å²) >= 11 is 0. The fourth-order valence-electron chi connectivity index (χ4n) is 4.24. The molecule has 3 atom stereocenters. The van der Waals surface area contributed by atoms with E-state index in [4.69, 9.17) is 5.73 Å². The van der Waals surface area contributed by atoms with Crippen molar-refractivity contribution < 1.29 is 13.6 Å². The lowest BCUT2D eigenvalue weighted by atomic mass is 9.78. The smallest absolute Gasteiger partial charge is 0.248 e. The molecule has 5 heteroatoms. The largest absolute Gasteiger partial charge is 0.342 e. The first-order valence-electron chi connectivity index (χ1n) is 7.88. The molecule has 0 radical (unpaired) electrons. The number of carbonyl (C=O) groups excluding carboxylic acids is 1. The third-order valence-electron chi connectivity index (χ3n) is 5.53. The van der Waals surface area contributed by atoms with E-state index >= 15 is 0 Å². The zero-order valence-corrected chi connectivity index (χ0v) is 11.9. The number of nitrogens with two attached hydrogens (primary N) is 1. The summed E-state index contributed by atoms with van der Waals surface area (Å²) in [6.45, 7) is 1.54. The molecule has 20 heavy (non-hydrogen) atoms. The van der Waals surface area contributed by atoms with Gasteiger partial charge in [-0.15, -0.1) is 0 Å². The number of alkyl halides is 2. The second kappa shape index (κ2) is 5.24. The molecule has 0 spiro atoms. The Bertz CT molecular complexity index is 378. The molecule has 3 fully saturated rings. The highest BCUT2D eigenvalue weighted by Gasteiger charge is 2.44. The quantitative estimate of drug-likeness (QED) is 0.804. The first kappa shape index (κ1) is 14.2. The second-order valence-corrected chi connectivity index (χ2v) is 6.89. The minimum Gasteiger partial charge on any atom is -0.342 e. The maximum atomic E-state index is 13.2. The van der Waals surface area contributed by atoms with E-state index in [0.29, 0.717) is 24.7 Å². The summed E-state index contributed by atoms with van der Waals surface area (Å²) in [5.41, 5.74) is 6.16. The van der Waals surface area contributed by atoms with Gasteiger partial charge < -0.3 is 10.6 Å². The molecule has 3 unspecified atom stereocenters. The predicted octanol–water partition coefficient (Wildman–Crippen LogP) is 2.40. The van der Waals surface area contributed by atoms with Crippen molar-refractivity contribution in [1.29, 1.82) is 0 Å². The third kappa shape index (κ3) is 2.69. The van der Waals surface area contributed by atoms with Gasteiger partial charge in [-0.25, -0.2) is 8.78 Å². The normalized spacial score (nSPS) is 37.8. The molecule has 1 aliphatic heterocycles. The number of carbonyl (C=O) groups is 1. The Hall–Kier alpha value is -0.710. The molecule has 0 aromatic carbocycles. The summed E-state index contributed by atoms with van der Waals surface area (Å²) in [5, 5.41) is 0. The summed E-state index contributed by atoms with van der Waals surface area (Å²) in [4.78, 5) is 14.4. The Morgan fingerprint density at radius 3 is 2.45 bits per heavy atom. The fourth-order valence-corrected chi connectivity index (χ4v) is 4.24. The van der Waals surface area contributed by atoms with Crippen LogP contribution in [0.4, 0.5) is 8.78 Å². The molecular weight excluding hydrogens is 262 g/mol. The van der Waals surface area contributed by atoms with Crippen LogP contribution in [-0.2, 0) is 4.79 Å². The van der Waals surface area contributed by atoms with Gasteiger partial charge in [0.05, 0.1) is 0 Å². The van der Waals surface area contributed by atoms with Gasteiger partial charge >= 0.3 is 0 Å². The van der Waals surface area contributed by atoms with Crippen LogP contribution < -0.4 is 5.73 Å². The summed E-state index contributed by atoms with van der Waals surface area (Å²) in [5.74, 6) is -1.68. The van der Waals surface area contributed by atoms with Crippen molar-refractivity contribution in [1.82, 2.24) is 4.90 Å². The SMILES string of the molecule is NC1CCCC2CN(C(=O)C3CCC(F)(F)CC3)CC12. The summed E-state index contributed by atoms with van der Waals surface area (Å²) in [6, 6.07) is 0.210. The Kier molecular flexibility index (Phi) is 3.73. The van der Waals surface area contributed by atoms with Crippen LogP contribution in [-0.4, -0.2) is 35.9 Å². The Morgan fingerprint density at radius 2 is 1.80 bits per heavy atom. The van der Waals surface area contributed by atoms with E-state index in [2.05, 4.69) is 0 Å². The van der Waals surface area contributed by atoms with Crippen LogP contribution in [0.25, 0.3) is 0 Å². The number of likely N-dealkylation sites (tertiary alicyclic amines) is 1. The molecule has 1 saturated heterocycles. The summed E-state index contributed by atoms with van der Waals surface area (Å²) in [7, 11) is 0. The van der Waals surface area contributed by atoms with Gasteiger partial charge in [0.15, 0.2) is 0 Å². The van der Waals surface area contributed by atoms with Gasteiger partial charge in [0.1, 0.15) is 0 Å². The zero-order valence-electron chi connectivity index (χ0n) is 11.9.